The maximum atomic E-state index is 13.4. The number of sulfone groups is 1. The van der Waals surface area contributed by atoms with Crippen LogP contribution in [0.4, 0.5) is 5.69 Å². The van der Waals surface area contributed by atoms with E-state index in [2.05, 4.69) is 9.88 Å². The Labute approximate surface area is 163 Å². The molecule has 0 N–H and O–H groups in total. The summed E-state index contributed by atoms with van der Waals surface area (Å²) in [6.45, 7) is 4.30. The van der Waals surface area contributed by atoms with E-state index in [9.17, 15) is 8.42 Å². The first kappa shape index (κ1) is 18.4. The summed E-state index contributed by atoms with van der Waals surface area (Å²) in [5, 5.41) is 9.80. The smallest absolute Gasteiger partial charge is 0.210 e. The number of ether oxygens (including phenoxy) is 1. The second-order valence-electron chi connectivity index (χ2n) is 6.73. The van der Waals surface area contributed by atoms with Gasteiger partial charge in [-0.15, -0.1) is 0 Å². The fraction of sp³-hybridized carbons (Fsp3) is 0.238. The summed E-state index contributed by atoms with van der Waals surface area (Å²) in [4.78, 5) is 6.80. The fourth-order valence-electron chi connectivity index (χ4n) is 3.42. The van der Waals surface area contributed by atoms with Crippen LogP contribution < -0.4 is 4.90 Å². The minimum atomic E-state index is -3.80. The van der Waals surface area contributed by atoms with Crippen LogP contribution >= 0.6 is 0 Å². The van der Waals surface area contributed by atoms with Gasteiger partial charge in [0.05, 0.1) is 40.9 Å². The number of anilines is 1. The van der Waals surface area contributed by atoms with E-state index in [-0.39, 0.29) is 9.79 Å². The minimum Gasteiger partial charge on any atom is -0.378 e. The van der Waals surface area contributed by atoms with Crippen LogP contribution in [-0.4, -0.2) is 39.7 Å². The number of nitriles is 1. The molecule has 0 atom stereocenters. The largest absolute Gasteiger partial charge is 0.378 e. The van der Waals surface area contributed by atoms with E-state index in [0.29, 0.717) is 37.6 Å². The third-order valence-electron chi connectivity index (χ3n) is 4.87. The molecule has 0 unspecified atom stereocenters. The lowest BCUT2D eigenvalue weighted by atomic mass is 10.1. The maximum Gasteiger partial charge on any atom is 0.210 e. The van der Waals surface area contributed by atoms with Gasteiger partial charge in [-0.1, -0.05) is 11.6 Å². The molecule has 2 aromatic carbocycles. The Morgan fingerprint density at radius 3 is 2.50 bits per heavy atom. The first-order chi connectivity index (χ1) is 13.5. The Hall–Kier alpha value is -2.95. The van der Waals surface area contributed by atoms with Gasteiger partial charge in [-0.05, 0) is 43.3 Å². The quantitative estimate of drug-likeness (QED) is 0.680. The summed E-state index contributed by atoms with van der Waals surface area (Å²) in [5.74, 6) is 0. The molecule has 0 saturated carbocycles. The summed E-state index contributed by atoms with van der Waals surface area (Å²) in [6, 6.07) is 13.8. The van der Waals surface area contributed by atoms with E-state index in [4.69, 9.17) is 10.00 Å². The zero-order valence-corrected chi connectivity index (χ0v) is 16.2. The average Bonchev–Trinajstić information content (AvgIpc) is 2.73. The first-order valence-electron chi connectivity index (χ1n) is 8.98. The van der Waals surface area contributed by atoms with Gasteiger partial charge in [0.25, 0.3) is 0 Å². The van der Waals surface area contributed by atoms with E-state index in [1.807, 2.05) is 31.2 Å². The summed E-state index contributed by atoms with van der Waals surface area (Å²) >= 11 is 0. The van der Waals surface area contributed by atoms with E-state index in [0.717, 1.165) is 16.5 Å². The lowest BCUT2D eigenvalue weighted by molar-refractivity contribution is 0.122. The molecule has 3 aromatic rings. The highest BCUT2D eigenvalue weighted by Crippen LogP contribution is 2.36. The van der Waals surface area contributed by atoms with Crippen molar-refractivity contribution in [3.8, 4) is 6.07 Å². The third-order valence-corrected chi connectivity index (χ3v) is 6.64. The van der Waals surface area contributed by atoms with Gasteiger partial charge in [-0.3, -0.25) is 4.98 Å². The van der Waals surface area contributed by atoms with Crippen molar-refractivity contribution in [2.45, 2.75) is 16.7 Å². The monoisotopic (exact) mass is 393 g/mol. The molecule has 1 fully saturated rings. The molecule has 6 nitrogen and oxygen atoms in total. The number of benzene rings is 2. The van der Waals surface area contributed by atoms with Crippen molar-refractivity contribution in [2.24, 2.45) is 0 Å². The molecule has 0 radical (unpaired) electrons. The Morgan fingerprint density at radius 1 is 1.11 bits per heavy atom. The number of aryl methyl sites for hydroxylation is 1. The summed E-state index contributed by atoms with van der Waals surface area (Å²) in [5.41, 5.74) is 2.88. The number of fused-ring (bicyclic) bond motifs is 1. The molecule has 28 heavy (non-hydrogen) atoms. The highest BCUT2D eigenvalue weighted by Gasteiger charge is 2.27. The van der Waals surface area contributed by atoms with Gasteiger partial charge in [-0.2, -0.15) is 5.26 Å². The van der Waals surface area contributed by atoms with Crippen molar-refractivity contribution in [1.29, 1.82) is 5.26 Å². The highest BCUT2D eigenvalue weighted by molar-refractivity contribution is 7.91. The predicted octanol–water partition coefficient (Wildman–Crippen LogP) is 3.08. The number of morpholine rings is 1. The van der Waals surface area contributed by atoms with Gasteiger partial charge in [0.1, 0.15) is 4.90 Å². The van der Waals surface area contributed by atoms with Gasteiger partial charge in [-0.25, -0.2) is 8.42 Å². The van der Waals surface area contributed by atoms with Gasteiger partial charge in [0.15, 0.2) is 0 Å². The van der Waals surface area contributed by atoms with E-state index in [1.165, 1.54) is 30.5 Å². The fourth-order valence-corrected chi connectivity index (χ4v) is 4.85. The van der Waals surface area contributed by atoms with Crippen molar-refractivity contribution in [3.63, 3.8) is 0 Å². The van der Waals surface area contributed by atoms with Crippen LogP contribution in [0.5, 0.6) is 0 Å². The number of hydrogen-bond acceptors (Lipinski definition) is 6. The van der Waals surface area contributed by atoms with Crippen LogP contribution in [0.25, 0.3) is 10.9 Å². The van der Waals surface area contributed by atoms with Crippen molar-refractivity contribution in [3.05, 3.63) is 59.8 Å². The van der Waals surface area contributed by atoms with Gasteiger partial charge in [0, 0.05) is 24.7 Å². The Kier molecular flexibility index (Phi) is 4.75. The SMILES string of the molecule is Cc1ccc2ncc(S(=O)(=O)c3ccc(C#N)cc3)c(N3CCOCC3)c2c1. The summed E-state index contributed by atoms with van der Waals surface area (Å²) in [7, 11) is -3.80. The molecule has 7 heteroatoms. The standard InChI is InChI=1S/C21H19N3O3S/c1-15-2-7-19-18(12-15)21(24-8-10-27-11-9-24)20(14-23-19)28(25,26)17-5-3-16(13-22)4-6-17/h2-7,12,14H,8-11H2,1H3. The molecule has 0 bridgehead atoms. The summed E-state index contributed by atoms with van der Waals surface area (Å²) in [6.07, 6.45) is 1.44. The van der Waals surface area contributed by atoms with Crippen molar-refractivity contribution < 1.29 is 13.2 Å². The highest BCUT2D eigenvalue weighted by atomic mass is 32.2. The second-order valence-corrected chi connectivity index (χ2v) is 8.65. The molecular formula is C21H19N3O3S. The predicted molar refractivity (Wildman–Crippen MR) is 106 cm³/mol. The van der Waals surface area contributed by atoms with Crippen LogP contribution in [-0.2, 0) is 14.6 Å². The van der Waals surface area contributed by atoms with E-state index < -0.39 is 9.84 Å². The molecule has 1 aromatic heterocycles. The van der Waals surface area contributed by atoms with Crippen molar-refractivity contribution in [2.75, 3.05) is 31.2 Å². The topological polar surface area (TPSA) is 83.3 Å². The van der Waals surface area contributed by atoms with Crippen molar-refractivity contribution in [1.82, 2.24) is 4.98 Å². The van der Waals surface area contributed by atoms with Crippen LogP contribution in [0.2, 0.25) is 0 Å². The van der Waals surface area contributed by atoms with Crippen molar-refractivity contribution >= 4 is 26.4 Å². The molecular weight excluding hydrogens is 374 g/mol. The lowest BCUT2D eigenvalue weighted by Gasteiger charge is -2.31. The zero-order valence-electron chi connectivity index (χ0n) is 15.4. The molecule has 2 heterocycles. The van der Waals surface area contributed by atoms with Crippen LogP contribution in [0.1, 0.15) is 11.1 Å². The number of hydrogen-bond donors (Lipinski definition) is 0. The van der Waals surface area contributed by atoms with Crippen LogP contribution in [0.3, 0.4) is 0 Å². The number of pyridine rings is 1. The van der Waals surface area contributed by atoms with Gasteiger partial charge in [0.2, 0.25) is 9.84 Å². The van der Waals surface area contributed by atoms with Crippen LogP contribution in [0, 0.1) is 18.3 Å². The van der Waals surface area contributed by atoms with Gasteiger partial charge >= 0.3 is 0 Å². The normalized spacial score (nSPS) is 14.8. The molecule has 1 saturated heterocycles. The Morgan fingerprint density at radius 2 is 1.82 bits per heavy atom. The molecule has 4 rings (SSSR count). The number of aromatic nitrogens is 1. The zero-order chi connectivity index (χ0) is 19.7. The first-order valence-corrected chi connectivity index (χ1v) is 10.5. The van der Waals surface area contributed by atoms with Gasteiger partial charge < -0.3 is 9.64 Å². The Bertz CT molecular complexity index is 1180. The molecule has 0 amide bonds. The minimum absolute atomic E-state index is 0.148. The lowest BCUT2D eigenvalue weighted by Crippen LogP contribution is -2.37. The molecule has 0 aliphatic carbocycles. The molecule has 1 aliphatic rings. The molecule has 0 spiro atoms. The average molecular weight is 393 g/mol. The van der Waals surface area contributed by atoms with E-state index >= 15 is 0 Å². The molecule has 142 valence electrons. The maximum absolute atomic E-state index is 13.4. The van der Waals surface area contributed by atoms with E-state index in [1.54, 1.807) is 0 Å². The van der Waals surface area contributed by atoms with Crippen LogP contribution in [0.15, 0.2) is 58.5 Å². The Balaban J connectivity index is 1.96. The second kappa shape index (κ2) is 7.23. The third kappa shape index (κ3) is 3.21. The number of rotatable bonds is 3. The number of nitrogens with zero attached hydrogens (tertiary/aromatic N) is 3. The molecule has 1 aliphatic heterocycles. The summed E-state index contributed by atoms with van der Waals surface area (Å²) < 4.78 is 32.3.